The second-order valence-electron chi connectivity index (χ2n) is 3.37. The summed E-state index contributed by atoms with van der Waals surface area (Å²) < 4.78 is 9.22. The van der Waals surface area contributed by atoms with Gasteiger partial charge in [0, 0.05) is 12.8 Å². The summed E-state index contributed by atoms with van der Waals surface area (Å²) >= 11 is 0. The number of carbonyl (C=O) groups is 2. The van der Waals surface area contributed by atoms with E-state index >= 15 is 0 Å². The van der Waals surface area contributed by atoms with Crippen molar-refractivity contribution in [3.8, 4) is 0 Å². The van der Waals surface area contributed by atoms with Crippen LogP contribution in [0.25, 0.3) is 0 Å². The number of ketones is 1. The van der Waals surface area contributed by atoms with Gasteiger partial charge in [-0.25, -0.2) is 4.79 Å². The molecular weight excluding hydrogens is 184 g/mol. The van der Waals surface area contributed by atoms with Gasteiger partial charge in [-0.2, -0.15) is 0 Å². The van der Waals surface area contributed by atoms with Crippen LogP contribution in [0.4, 0.5) is 0 Å². The van der Waals surface area contributed by atoms with Crippen LogP contribution in [0.3, 0.4) is 0 Å². The normalized spacial score (nSPS) is 22.0. The predicted octanol–water partition coefficient (Wildman–Crippen LogP) is 1.08. The van der Waals surface area contributed by atoms with E-state index in [1.54, 1.807) is 0 Å². The lowest BCUT2D eigenvalue weighted by molar-refractivity contribution is -0.159. The molecule has 1 heterocycles. The van der Waals surface area contributed by atoms with Crippen LogP contribution in [-0.4, -0.2) is 31.6 Å². The number of Topliss-reactive ketones (excluding diaryl/α,β-unsaturated/α-hetero) is 1. The fraction of sp³-hybridized carbons (Fsp3) is 0.800. The predicted molar refractivity (Wildman–Crippen MR) is 49.9 cm³/mol. The summed E-state index contributed by atoms with van der Waals surface area (Å²) in [5, 5.41) is 0. The van der Waals surface area contributed by atoms with E-state index in [1.807, 2.05) is 0 Å². The highest BCUT2D eigenvalue weighted by Gasteiger charge is 2.07. The molecule has 0 aromatic rings. The number of esters is 1. The molecule has 4 nitrogen and oxygen atoms in total. The van der Waals surface area contributed by atoms with Crippen LogP contribution in [-0.2, 0) is 19.1 Å². The number of hydrogen-bond donors (Lipinski definition) is 0. The van der Waals surface area contributed by atoms with Crippen molar-refractivity contribution in [3.05, 3.63) is 0 Å². The third kappa shape index (κ3) is 4.97. The van der Waals surface area contributed by atoms with E-state index in [9.17, 15) is 9.59 Å². The molecule has 0 N–H and O–H groups in total. The highest BCUT2D eigenvalue weighted by molar-refractivity contribution is 5.78. The minimum Gasteiger partial charge on any atom is -0.462 e. The second kappa shape index (κ2) is 6.54. The average Bonchev–Trinajstić information content (AvgIpc) is 2.21. The Balaban J connectivity index is 0.000000140. The van der Waals surface area contributed by atoms with E-state index in [1.165, 1.54) is 6.42 Å². The molecule has 2 aliphatic rings. The summed E-state index contributed by atoms with van der Waals surface area (Å²) in [6, 6.07) is 0. The summed E-state index contributed by atoms with van der Waals surface area (Å²) in [6.07, 6.45) is 5.24. The topological polar surface area (TPSA) is 52.6 Å². The minimum atomic E-state index is -0.258. The van der Waals surface area contributed by atoms with Gasteiger partial charge in [-0.15, -0.1) is 0 Å². The van der Waals surface area contributed by atoms with Gasteiger partial charge in [0.25, 0.3) is 0 Å². The molecule has 0 amide bonds. The first-order chi connectivity index (χ1) is 6.79. The lowest BCUT2D eigenvalue weighted by atomic mass is 10.00. The van der Waals surface area contributed by atoms with Gasteiger partial charge < -0.3 is 9.47 Å². The Morgan fingerprint density at radius 3 is 1.93 bits per heavy atom. The molecule has 0 spiro atoms. The van der Waals surface area contributed by atoms with Gasteiger partial charge in [0.05, 0.1) is 6.61 Å². The standard InChI is InChI=1S/C6H10O.C4H6O3/c7-6-4-2-1-3-5-6;5-4-3-6-1-2-7-4/h1-5H2;1-3H2. The van der Waals surface area contributed by atoms with Gasteiger partial charge in [-0.1, -0.05) is 6.42 Å². The molecule has 0 aromatic carbocycles. The largest absolute Gasteiger partial charge is 0.462 e. The van der Waals surface area contributed by atoms with E-state index < -0.39 is 0 Å². The van der Waals surface area contributed by atoms with Crippen molar-refractivity contribution >= 4 is 11.8 Å². The monoisotopic (exact) mass is 200 g/mol. The van der Waals surface area contributed by atoms with E-state index in [-0.39, 0.29) is 12.6 Å². The Morgan fingerprint density at radius 1 is 0.929 bits per heavy atom. The average molecular weight is 200 g/mol. The molecule has 0 bridgehead atoms. The van der Waals surface area contributed by atoms with E-state index in [2.05, 4.69) is 4.74 Å². The maximum absolute atomic E-state index is 10.5. The van der Waals surface area contributed by atoms with Crippen LogP contribution in [0, 0.1) is 0 Å². The van der Waals surface area contributed by atoms with E-state index in [0.29, 0.717) is 19.0 Å². The summed E-state index contributed by atoms with van der Waals surface area (Å²) in [5.74, 6) is 0.206. The van der Waals surface area contributed by atoms with Gasteiger partial charge >= 0.3 is 5.97 Å². The number of hydrogen-bond acceptors (Lipinski definition) is 4. The first-order valence-electron chi connectivity index (χ1n) is 5.04. The van der Waals surface area contributed by atoms with Crippen LogP contribution in [0.1, 0.15) is 32.1 Å². The van der Waals surface area contributed by atoms with Crippen molar-refractivity contribution in [2.45, 2.75) is 32.1 Å². The summed E-state index contributed by atoms with van der Waals surface area (Å²) in [6.45, 7) is 1.09. The van der Waals surface area contributed by atoms with Crippen LogP contribution in [0.5, 0.6) is 0 Å². The highest BCUT2D eigenvalue weighted by Crippen LogP contribution is 2.12. The highest BCUT2D eigenvalue weighted by atomic mass is 16.6. The Hall–Kier alpha value is -0.900. The van der Waals surface area contributed by atoms with E-state index in [4.69, 9.17) is 4.74 Å². The molecule has 1 saturated carbocycles. The molecule has 80 valence electrons. The van der Waals surface area contributed by atoms with Gasteiger partial charge in [0.15, 0.2) is 0 Å². The molecule has 1 aliphatic carbocycles. The molecule has 14 heavy (non-hydrogen) atoms. The Kier molecular flexibility index (Phi) is 5.22. The van der Waals surface area contributed by atoms with Crippen molar-refractivity contribution in [1.82, 2.24) is 0 Å². The molecule has 2 fully saturated rings. The lowest BCUT2D eigenvalue weighted by Crippen LogP contribution is -2.22. The fourth-order valence-corrected chi connectivity index (χ4v) is 1.36. The first kappa shape index (κ1) is 11.2. The van der Waals surface area contributed by atoms with Crippen molar-refractivity contribution in [2.24, 2.45) is 0 Å². The van der Waals surface area contributed by atoms with Gasteiger partial charge in [-0.3, -0.25) is 4.79 Å². The summed E-state index contributed by atoms with van der Waals surface area (Å²) in [7, 11) is 0. The molecule has 1 aliphatic heterocycles. The molecule has 0 atom stereocenters. The smallest absolute Gasteiger partial charge is 0.332 e. The van der Waals surface area contributed by atoms with Crippen LogP contribution in [0.2, 0.25) is 0 Å². The van der Waals surface area contributed by atoms with Crippen LogP contribution < -0.4 is 0 Å². The molecule has 0 radical (unpaired) electrons. The Morgan fingerprint density at radius 2 is 1.64 bits per heavy atom. The number of ether oxygens (including phenoxy) is 2. The zero-order chi connectivity index (χ0) is 10.2. The molecule has 4 heteroatoms. The zero-order valence-corrected chi connectivity index (χ0v) is 8.29. The van der Waals surface area contributed by atoms with Crippen molar-refractivity contribution in [1.29, 1.82) is 0 Å². The number of carbonyl (C=O) groups excluding carboxylic acids is 2. The van der Waals surface area contributed by atoms with Gasteiger partial charge in [-0.05, 0) is 12.8 Å². The SMILES string of the molecule is O=C1CCCCC1.O=C1COCCO1. The lowest BCUT2D eigenvalue weighted by Gasteiger charge is -2.09. The molecular formula is C10H16O4. The third-order valence-corrected chi connectivity index (χ3v) is 2.12. The Bertz CT molecular complexity index is 162. The Labute approximate surface area is 83.6 Å². The summed E-state index contributed by atoms with van der Waals surface area (Å²) in [5.41, 5.74) is 0. The summed E-state index contributed by atoms with van der Waals surface area (Å²) in [4.78, 5) is 20.6. The first-order valence-corrected chi connectivity index (χ1v) is 5.04. The molecule has 1 saturated heterocycles. The van der Waals surface area contributed by atoms with Crippen molar-refractivity contribution in [2.75, 3.05) is 19.8 Å². The second-order valence-corrected chi connectivity index (χ2v) is 3.37. The molecule has 0 unspecified atom stereocenters. The fourth-order valence-electron chi connectivity index (χ4n) is 1.36. The third-order valence-electron chi connectivity index (χ3n) is 2.12. The quantitative estimate of drug-likeness (QED) is 0.549. The zero-order valence-electron chi connectivity index (χ0n) is 8.29. The van der Waals surface area contributed by atoms with Gasteiger partial charge in [0.1, 0.15) is 19.0 Å². The number of rotatable bonds is 0. The van der Waals surface area contributed by atoms with Crippen LogP contribution >= 0.6 is 0 Å². The van der Waals surface area contributed by atoms with Crippen molar-refractivity contribution in [3.63, 3.8) is 0 Å². The van der Waals surface area contributed by atoms with Crippen LogP contribution in [0.15, 0.2) is 0 Å². The molecule has 0 aromatic heterocycles. The maximum Gasteiger partial charge on any atom is 0.332 e. The number of cyclic esters (lactones) is 1. The van der Waals surface area contributed by atoms with Crippen molar-refractivity contribution < 1.29 is 19.1 Å². The van der Waals surface area contributed by atoms with E-state index in [0.717, 1.165) is 25.7 Å². The molecule has 2 rings (SSSR count). The minimum absolute atomic E-state index is 0.125. The van der Waals surface area contributed by atoms with Gasteiger partial charge in [0.2, 0.25) is 0 Å². The maximum atomic E-state index is 10.5.